The second-order valence-electron chi connectivity index (χ2n) is 3.98. The first-order valence-electron chi connectivity index (χ1n) is 5.91. The van der Waals surface area contributed by atoms with Crippen molar-refractivity contribution in [2.45, 2.75) is 19.9 Å². The van der Waals surface area contributed by atoms with Gasteiger partial charge < -0.3 is 15.6 Å². The van der Waals surface area contributed by atoms with E-state index in [0.717, 1.165) is 0 Å². The van der Waals surface area contributed by atoms with Crippen molar-refractivity contribution in [2.75, 3.05) is 6.54 Å². The minimum absolute atomic E-state index is 0.169. The Morgan fingerprint density at radius 1 is 1.53 bits per heavy atom. The predicted octanol–water partition coefficient (Wildman–Crippen LogP) is 0.204. The third-order valence-corrected chi connectivity index (χ3v) is 2.49. The number of nitrogens with zero attached hydrogens (tertiary/aromatic N) is 3. The summed E-state index contributed by atoms with van der Waals surface area (Å²) in [7, 11) is 0. The fraction of sp³-hybridized carbons (Fsp3) is 0.333. The largest absolute Gasteiger partial charge is 0.352 e. The number of nitrogens with two attached hydrogens (primary N) is 1. The second kappa shape index (κ2) is 6.05. The molecule has 100 valence electrons. The van der Waals surface area contributed by atoms with Gasteiger partial charge in [0, 0.05) is 38.2 Å². The van der Waals surface area contributed by atoms with Gasteiger partial charge in [0.05, 0.1) is 5.69 Å². The van der Waals surface area contributed by atoms with Gasteiger partial charge in [-0.15, -0.1) is 0 Å². The Morgan fingerprint density at radius 3 is 3.05 bits per heavy atom. The lowest BCUT2D eigenvalue weighted by Crippen LogP contribution is -2.26. The summed E-state index contributed by atoms with van der Waals surface area (Å²) in [6.45, 7) is 2.47. The van der Waals surface area contributed by atoms with E-state index in [2.05, 4.69) is 20.4 Å². The molecule has 0 saturated heterocycles. The molecule has 7 heteroatoms. The molecule has 0 unspecified atom stereocenters. The molecule has 0 aliphatic heterocycles. The summed E-state index contributed by atoms with van der Waals surface area (Å²) in [5.74, 6) is 0.926. The highest BCUT2D eigenvalue weighted by Crippen LogP contribution is 2.01. The number of hydrogen-bond acceptors (Lipinski definition) is 6. The van der Waals surface area contributed by atoms with E-state index in [1.54, 1.807) is 25.3 Å². The van der Waals surface area contributed by atoms with Gasteiger partial charge in [-0.2, -0.15) is 4.98 Å². The van der Waals surface area contributed by atoms with Crippen molar-refractivity contribution < 1.29 is 9.32 Å². The number of amides is 1. The van der Waals surface area contributed by atoms with Crippen LogP contribution in [0.2, 0.25) is 0 Å². The maximum absolute atomic E-state index is 11.9. The van der Waals surface area contributed by atoms with Gasteiger partial charge >= 0.3 is 0 Å². The van der Waals surface area contributed by atoms with E-state index in [1.165, 1.54) is 0 Å². The molecule has 3 N–H and O–H groups in total. The molecule has 0 saturated carbocycles. The van der Waals surface area contributed by atoms with Gasteiger partial charge in [0.1, 0.15) is 0 Å². The van der Waals surface area contributed by atoms with Crippen molar-refractivity contribution in [3.05, 3.63) is 41.3 Å². The zero-order valence-electron chi connectivity index (χ0n) is 10.6. The van der Waals surface area contributed by atoms with Crippen LogP contribution in [0, 0.1) is 6.92 Å². The average Bonchev–Trinajstić information content (AvgIpc) is 2.84. The summed E-state index contributed by atoms with van der Waals surface area (Å²) in [6, 6.07) is 3.32. The van der Waals surface area contributed by atoms with Crippen molar-refractivity contribution in [2.24, 2.45) is 5.73 Å². The molecule has 2 aromatic rings. The third-order valence-electron chi connectivity index (χ3n) is 2.49. The predicted molar refractivity (Wildman–Crippen MR) is 67.2 cm³/mol. The normalized spacial score (nSPS) is 10.4. The van der Waals surface area contributed by atoms with Crippen LogP contribution in [0.15, 0.2) is 22.9 Å². The van der Waals surface area contributed by atoms with Gasteiger partial charge in [0.2, 0.25) is 5.89 Å². The van der Waals surface area contributed by atoms with Crippen molar-refractivity contribution in [3.63, 3.8) is 0 Å². The van der Waals surface area contributed by atoms with E-state index in [0.29, 0.717) is 42.5 Å². The lowest BCUT2D eigenvalue weighted by atomic mass is 10.2. The summed E-state index contributed by atoms with van der Waals surface area (Å²) in [6.07, 6.45) is 2.09. The number of aromatic nitrogens is 3. The quantitative estimate of drug-likeness (QED) is 0.796. The molecule has 0 bridgehead atoms. The van der Waals surface area contributed by atoms with Crippen LogP contribution in [0.4, 0.5) is 0 Å². The maximum atomic E-state index is 11.9. The highest BCUT2D eigenvalue weighted by Gasteiger charge is 2.07. The number of aryl methyl sites for hydroxylation is 1. The Balaban J connectivity index is 1.87. The summed E-state index contributed by atoms with van der Waals surface area (Å²) in [5.41, 5.74) is 6.70. The van der Waals surface area contributed by atoms with Crippen LogP contribution >= 0.6 is 0 Å². The van der Waals surface area contributed by atoms with Gasteiger partial charge in [-0.25, -0.2) is 0 Å². The van der Waals surface area contributed by atoms with E-state index < -0.39 is 0 Å². The Labute approximate surface area is 110 Å². The summed E-state index contributed by atoms with van der Waals surface area (Å²) in [5, 5.41) is 6.53. The van der Waals surface area contributed by atoms with Gasteiger partial charge in [0.25, 0.3) is 5.91 Å². The van der Waals surface area contributed by atoms with Crippen LogP contribution < -0.4 is 11.1 Å². The minimum Gasteiger partial charge on any atom is -0.352 e. The number of pyridine rings is 1. The van der Waals surface area contributed by atoms with E-state index in [1.807, 2.05) is 0 Å². The molecular weight excluding hydrogens is 246 g/mol. The minimum atomic E-state index is -0.169. The molecule has 19 heavy (non-hydrogen) atoms. The second-order valence-corrected chi connectivity index (χ2v) is 3.98. The number of carbonyl (C=O) groups excluding carboxylic acids is 1. The molecule has 2 rings (SSSR count). The first kappa shape index (κ1) is 13.2. The lowest BCUT2D eigenvalue weighted by molar-refractivity contribution is 0.0953. The molecule has 2 aromatic heterocycles. The zero-order chi connectivity index (χ0) is 13.7. The molecule has 0 atom stereocenters. The first-order valence-corrected chi connectivity index (χ1v) is 5.91. The van der Waals surface area contributed by atoms with Gasteiger partial charge in [-0.05, 0) is 12.1 Å². The van der Waals surface area contributed by atoms with Crippen LogP contribution in [0.3, 0.4) is 0 Å². The van der Waals surface area contributed by atoms with Crippen LogP contribution in [0.5, 0.6) is 0 Å². The Morgan fingerprint density at radius 2 is 2.37 bits per heavy atom. The van der Waals surface area contributed by atoms with Crippen molar-refractivity contribution in [1.29, 1.82) is 0 Å². The highest BCUT2D eigenvalue weighted by molar-refractivity contribution is 5.94. The summed E-state index contributed by atoms with van der Waals surface area (Å²) in [4.78, 5) is 19.9. The molecular formula is C12H15N5O2. The fourth-order valence-electron chi connectivity index (χ4n) is 1.56. The van der Waals surface area contributed by atoms with Crippen molar-refractivity contribution in [1.82, 2.24) is 20.4 Å². The molecule has 1 amide bonds. The standard InChI is InChI=1S/C12H15N5O2/c1-8-16-11(17-19-8)3-5-15-12(18)9-2-4-14-10(6-9)7-13/h2,4,6H,3,5,7,13H2,1H3,(H,15,18). The fourth-order valence-corrected chi connectivity index (χ4v) is 1.56. The maximum Gasteiger partial charge on any atom is 0.251 e. The summed E-state index contributed by atoms with van der Waals surface area (Å²) >= 11 is 0. The zero-order valence-corrected chi connectivity index (χ0v) is 10.6. The van der Waals surface area contributed by atoms with Crippen molar-refractivity contribution >= 4 is 5.91 Å². The monoisotopic (exact) mass is 261 g/mol. The molecule has 0 aliphatic rings. The summed E-state index contributed by atoms with van der Waals surface area (Å²) < 4.78 is 4.84. The van der Waals surface area contributed by atoms with Gasteiger partial charge in [0.15, 0.2) is 5.82 Å². The van der Waals surface area contributed by atoms with Crippen LogP contribution in [0.1, 0.15) is 27.8 Å². The van der Waals surface area contributed by atoms with Crippen LogP contribution in [-0.4, -0.2) is 27.6 Å². The number of carbonyl (C=O) groups is 1. The number of nitrogens with one attached hydrogen (secondary N) is 1. The van der Waals surface area contributed by atoms with E-state index in [4.69, 9.17) is 10.3 Å². The Hall–Kier alpha value is -2.28. The first-order chi connectivity index (χ1) is 9.19. The SMILES string of the molecule is Cc1nc(CCNC(=O)c2ccnc(CN)c2)no1. The Kier molecular flexibility index (Phi) is 4.19. The molecule has 0 radical (unpaired) electrons. The third kappa shape index (κ3) is 3.59. The smallest absolute Gasteiger partial charge is 0.251 e. The lowest BCUT2D eigenvalue weighted by Gasteiger charge is -2.04. The van der Waals surface area contributed by atoms with Crippen LogP contribution in [-0.2, 0) is 13.0 Å². The topological polar surface area (TPSA) is 107 Å². The van der Waals surface area contributed by atoms with Gasteiger partial charge in [-0.1, -0.05) is 5.16 Å². The van der Waals surface area contributed by atoms with Crippen LogP contribution in [0.25, 0.3) is 0 Å². The highest BCUT2D eigenvalue weighted by atomic mass is 16.5. The Bertz CT molecular complexity index is 567. The van der Waals surface area contributed by atoms with Crippen molar-refractivity contribution in [3.8, 4) is 0 Å². The van der Waals surface area contributed by atoms with E-state index >= 15 is 0 Å². The van der Waals surface area contributed by atoms with E-state index in [9.17, 15) is 4.79 Å². The number of hydrogen-bond donors (Lipinski definition) is 2. The number of rotatable bonds is 5. The molecule has 0 spiro atoms. The molecule has 0 fully saturated rings. The molecule has 0 aliphatic carbocycles. The molecule has 7 nitrogen and oxygen atoms in total. The average molecular weight is 261 g/mol. The van der Waals surface area contributed by atoms with E-state index in [-0.39, 0.29) is 5.91 Å². The molecule has 0 aromatic carbocycles. The van der Waals surface area contributed by atoms with Gasteiger partial charge in [-0.3, -0.25) is 9.78 Å². The molecule has 2 heterocycles.